The molecule has 2 N–H and O–H groups in total. The van der Waals surface area contributed by atoms with Gasteiger partial charge < -0.3 is 5.73 Å². The maximum absolute atomic E-state index is 10.1. The lowest BCUT2D eigenvalue weighted by Crippen LogP contribution is -2.47. The van der Waals surface area contributed by atoms with Crippen LogP contribution >= 0.6 is 0 Å². The van der Waals surface area contributed by atoms with Crippen LogP contribution in [0, 0.1) is 45.3 Å². The number of rotatable bonds is 3. The highest BCUT2D eigenvalue weighted by Gasteiger charge is 2.54. The Kier molecular flexibility index (Phi) is 5.11. The van der Waals surface area contributed by atoms with Crippen LogP contribution < -0.4 is 5.73 Å². The van der Waals surface area contributed by atoms with Crippen molar-refractivity contribution in [2.45, 2.75) is 12.5 Å². The SMILES string of the molecule is N#CC1=C(N)C(C#N)(C#N)[C@H](c2ccccc2)[C@@H]2CN(Cc3ccccc3)CC=C12. The van der Waals surface area contributed by atoms with Crippen molar-refractivity contribution < 1.29 is 0 Å². The third kappa shape index (κ3) is 3.05. The predicted octanol–water partition coefficient (Wildman–Crippen LogP) is 3.61. The van der Waals surface area contributed by atoms with E-state index in [-0.39, 0.29) is 17.2 Å². The number of benzene rings is 2. The summed E-state index contributed by atoms with van der Waals surface area (Å²) in [6, 6.07) is 26.3. The molecule has 1 aliphatic carbocycles. The van der Waals surface area contributed by atoms with E-state index in [0.29, 0.717) is 13.1 Å². The van der Waals surface area contributed by atoms with Gasteiger partial charge in [-0.05, 0) is 16.7 Å². The van der Waals surface area contributed by atoms with Gasteiger partial charge in [0.1, 0.15) is 6.07 Å². The van der Waals surface area contributed by atoms with Crippen LogP contribution in [-0.4, -0.2) is 18.0 Å². The number of nitriles is 3. The minimum Gasteiger partial charge on any atom is -0.399 e. The van der Waals surface area contributed by atoms with Crippen molar-refractivity contribution in [2.24, 2.45) is 17.1 Å². The van der Waals surface area contributed by atoms with E-state index in [9.17, 15) is 15.8 Å². The number of hydrogen-bond donors (Lipinski definition) is 1. The Balaban J connectivity index is 1.83. The van der Waals surface area contributed by atoms with Crippen LogP contribution in [0.5, 0.6) is 0 Å². The van der Waals surface area contributed by atoms with Crippen LogP contribution in [0.4, 0.5) is 0 Å². The first-order chi connectivity index (χ1) is 14.6. The molecule has 0 spiro atoms. The molecule has 146 valence electrons. The van der Waals surface area contributed by atoms with Gasteiger partial charge in [-0.3, -0.25) is 4.90 Å². The van der Waals surface area contributed by atoms with Crippen molar-refractivity contribution in [1.82, 2.24) is 4.90 Å². The summed E-state index contributed by atoms with van der Waals surface area (Å²) in [6.45, 7) is 2.09. The minimum absolute atomic E-state index is 0.0721. The van der Waals surface area contributed by atoms with Crippen LogP contribution in [0.2, 0.25) is 0 Å². The Hall–Kier alpha value is -3.85. The Morgan fingerprint density at radius 3 is 2.20 bits per heavy atom. The van der Waals surface area contributed by atoms with Crippen molar-refractivity contribution in [1.29, 1.82) is 15.8 Å². The van der Waals surface area contributed by atoms with Gasteiger partial charge in [0.05, 0.1) is 23.4 Å². The highest BCUT2D eigenvalue weighted by Crippen LogP contribution is 2.54. The molecular weight excluding hydrogens is 370 g/mol. The molecule has 0 bridgehead atoms. The van der Waals surface area contributed by atoms with Gasteiger partial charge in [0.15, 0.2) is 5.41 Å². The zero-order valence-corrected chi connectivity index (χ0v) is 16.5. The zero-order valence-electron chi connectivity index (χ0n) is 16.5. The molecule has 30 heavy (non-hydrogen) atoms. The molecular formula is C25H21N5. The third-order valence-electron chi connectivity index (χ3n) is 6.15. The van der Waals surface area contributed by atoms with Crippen molar-refractivity contribution in [3.63, 3.8) is 0 Å². The summed E-state index contributed by atoms with van der Waals surface area (Å²) < 4.78 is 0. The van der Waals surface area contributed by atoms with Gasteiger partial charge in [0.25, 0.3) is 0 Å². The molecule has 0 saturated heterocycles. The number of hydrogen-bond acceptors (Lipinski definition) is 5. The fourth-order valence-electron chi connectivity index (χ4n) is 4.75. The summed E-state index contributed by atoms with van der Waals surface area (Å²) in [5.41, 5.74) is 8.06. The van der Waals surface area contributed by atoms with Gasteiger partial charge in [0, 0.05) is 31.5 Å². The second-order valence-electron chi connectivity index (χ2n) is 7.77. The molecule has 2 aliphatic rings. The van der Waals surface area contributed by atoms with Crippen LogP contribution in [0.25, 0.3) is 0 Å². The van der Waals surface area contributed by atoms with Crippen LogP contribution in [-0.2, 0) is 6.54 Å². The monoisotopic (exact) mass is 391 g/mol. The summed E-state index contributed by atoms with van der Waals surface area (Å²) in [6.07, 6.45) is 2.04. The van der Waals surface area contributed by atoms with Crippen LogP contribution in [0.1, 0.15) is 17.0 Å². The van der Waals surface area contributed by atoms with Gasteiger partial charge in [-0.25, -0.2) is 0 Å². The molecule has 2 atom stereocenters. The van der Waals surface area contributed by atoms with Gasteiger partial charge in [0.2, 0.25) is 0 Å². The molecule has 0 unspecified atom stereocenters. The number of nitrogens with two attached hydrogens (primary N) is 1. The Morgan fingerprint density at radius 2 is 1.60 bits per heavy atom. The normalized spacial score (nSPS) is 22.8. The first-order valence-corrected chi connectivity index (χ1v) is 9.89. The largest absolute Gasteiger partial charge is 0.399 e. The molecule has 0 amide bonds. The summed E-state index contributed by atoms with van der Waals surface area (Å²) >= 11 is 0. The van der Waals surface area contributed by atoms with E-state index >= 15 is 0 Å². The predicted molar refractivity (Wildman–Crippen MR) is 113 cm³/mol. The number of allylic oxidation sites excluding steroid dienone is 2. The van der Waals surface area contributed by atoms with Gasteiger partial charge in [-0.2, -0.15) is 15.8 Å². The highest BCUT2D eigenvalue weighted by atomic mass is 15.1. The first kappa shape index (κ1) is 19.5. The molecule has 1 aliphatic heterocycles. The summed E-state index contributed by atoms with van der Waals surface area (Å²) in [5, 5.41) is 30.1. The standard InChI is InChI=1S/C25H21N5/c26-13-21-20-11-12-30(14-18-7-3-1-4-8-18)15-22(20)23(19-9-5-2-6-10-19)25(16-27,17-28)24(21)29/h1-11,22-23H,12,14-15,29H2/t22-,23-/m1/s1. The van der Waals surface area contributed by atoms with Crippen molar-refractivity contribution in [3.05, 3.63) is 94.7 Å². The molecule has 2 aromatic rings. The Morgan fingerprint density at radius 1 is 0.967 bits per heavy atom. The molecule has 0 aromatic heterocycles. The average molecular weight is 391 g/mol. The molecule has 1 heterocycles. The molecule has 0 fully saturated rings. The van der Waals surface area contributed by atoms with E-state index in [4.69, 9.17) is 5.73 Å². The molecule has 2 aromatic carbocycles. The highest BCUT2D eigenvalue weighted by molar-refractivity contribution is 5.59. The molecule has 0 radical (unpaired) electrons. The van der Waals surface area contributed by atoms with Crippen LogP contribution in [0.3, 0.4) is 0 Å². The lowest BCUT2D eigenvalue weighted by Gasteiger charge is -2.45. The van der Waals surface area contributed by atoms with Crippen molar-refractivity contribution in [2.75, 3.05) is 13.1 Å². The topological polar surface area (TPSA) is 101 Å². The van der Waals surface area contributed by atoms with E-state index in [1.807, 2.05) is 54.6 Å². The molecule has 0 saturated carbocycles. The lowest BCUT2D eigenvalue weighted by atomic mass is 9.58. The van der Waals surface area contributed by atoms with Gasteiger partial charge >= 0.3 is 0 Å². The fraction of sp³-hybridized carbons (Fsp3) is 0.240. The quantitative estimate of drug-likeness (QED) is 0.861. The van der Waals surface area contributed by atoms with E-state index in [1.54, 1.807) is 0 Å². The average Bonchev–Trinajstić information content (AvgIpc) is 2.80. The number of nitrogens with zero attached hydrogens (tertiary/aromatic N) is 4. The fourth-order valence-corrected chi connectivity index (χ4v) is 4.75. The van der Waals surface area contributed by atoms with Crippen molar-refractivity contribution in [3.8, 4) is 18.2 Å². The van der Waals surface area contributed by atoms with Gasteiger partial charge in [-0.15, -0.1) is 0 Å². The zero-order chi connectivity index (χ0) is 21.1. The lowest BCUT2D eigenvalue weighted by molar-refractivity contribution is 0.201. The van der Waals surface area contributed by atoms with Gasteiger partial charge in [-0.1, -0.05) is 66.7 Å². The van der Waals surface area contributed by atoms with Crippen molar-refractivity contribution >= 4 is 0 Å². The summed E-state index contributed by atoms with van der Waals surface area (Å²) in [7, 11) is 0. The third-order valence-corrected chi connectivity index (χ3v) is 6.15. The van der Waals surface area contributed by atoms with Crippen LogP contribution in [0.15, 0.2) is 83.6 Å². The summed E-state index contributed by atoms with van der Waals surface area (Å²) in [4.78, 5) is 2.29. The summed E-state index contributed by atoms with van der Waals surface area (Å²) in [5.74, 6) is -0.623. The maximum atomic E-state index is 10.1. The van der Waals surface area contributed by atoms with E-state index in [1.165, 1.54) is 5.56 Å². The number of fused-ring (bicyclic) bond motifs is 1. The smallest absolute Gasteiger partial charge is 0.191 e. The van der Waals surface area contributed by atoms with E-state index in [0.717, 1.165) is 17.7 Å². The Bertz CT molecular complexity index is 1110. The molecule has 5 heteroatoms. The minimum atomic E-state index is -1.58. The second-order valence-corrected chi connectivity index (χ2v) is 7.77. The van der Waals surface area contributed by atoms with E-state index < -0.39 is 11.3 Å². The second kappa shape index (κ2) is 7.88. The molecule has 4 rings (SSSR count). The maximum Gasteiger partial charge on any atom is 0.191 e. The van der Waals surface area contributed by atoms with E-state index in [2.05, 4.69) is 35.2 Å². The Labute approximate surface area is 176 Å². The molecule has 5 nitrogen and oxygen atoms in total. The first-order valence-electron chi connectivity index (χ1n) is 9.89.